The Labute approximate surface area is 229 Å². The first kappa shape index (κ1) is 28.1. The van der Waals surface area contributed by atoms with Crippen molar-refractivity contribution >= 4 is 27.5 Å². The van der Waals surface area contributed by atoms with Gasteiger partial charge in [0.2, 0.25) is 10.0 Å². The zero-order valence-corrected chi connectivity index (χ0v) is 22.8. The number of rotatable bonds is 11. The van der Waals surface area contributed by atoms with Gasteiger partial charge in [0.1, 0.15) is 11.5 Å². The molecule has 1 heterocycles. The third-order valence-electron chi connectivity index (χ3n) is 6.39. The molecule has 0 unspecified atom stereocenters. The number of para-hydroxylation sites is 2. The SMILES string of the molecule is CC[C@@H](C)NS(=O)(=O)c1ccc(OCC(=O)N2C[C@@H](C(=O)NCCc3ccccc3)Oc3ccccc32)cc1. The number of carbonyl (C=O) groups is 2. The van der Waals surface area contributed by atoms with Gasteiger partial charge < -0.3 is 19.7 Å². The van der Waals surface area contributed by atoms with E-state index in [1.165, 1.54) is 29.2 Å². The van der Waals surface area contributed by atoms with Crippen molar-refractivity contribution in [2.45, 2.75) is 43.7 Å². The summed E-state index contributed by atoms with van der Waals surface area (Å²) in [6.45, 7) is 3.88. The highest BCUT2D eigenvalue weighted by molar-refractivity contribution is 7.89. The molecule has 2 N–H and O–H groups in total. The first-order chi connectivity index (χ1) is 18.8. The van der Waals surface area contributed by atoms with Crippen LogP contribution in [0.25, 0.3) is 0 Å². The number of benzene rings is 3. The summed E-state index contributed by atoms with van der Waals surface area (Å²) < 4.78 is 39.1. The predicted molar refractivity (Wildman–Crippen MR) is 148 cm³/mol. The van der Waals surface area contributed by atoms with E-state index in [1.807, 2.05) is 37.3 Å². The molecule has 1 aliphatic heterocycles. The van der Waals surface area contributed by atoms with Crippen molar-refractivity contribution in [3.8, 4) is 11.5 Å². The Balaban J connectivity index is 1.37. The lowest BCUT2D eigenvalue weighted by molar-refractivity contribution is -0.128. The van der Waals surface area contributed by atoms with Crippen LogP contribution in [0.5, 0.6) is 11.5 Å². The highest BCUT2D eigenvalue weighted by Crippen LogP contribution is 2.33. The third kappa shape index (κ3) is 7.36. The molecule has 0 aliphatic carbocycles. The Hall–Kier alpha value is -3.89. The van der Waals surface area contributed by atoms with Crippen LogP contribution in [0.1, 0.15) is 25.8 Å². The summed E-state index contributed by atoms with van der Waals surface area (Å²) in [6.07, 6.45) is 0.478. The van der Waals surface area contributed by atoms with Crippen LogP contribution in [0, 0.1) is 0 Å². The predicted octanol–water partition coefficient (Wildman–Crippen LogP) is 3.30. The van der Waals surface area contributed by atoms with Crippen molar-refractivity contribution in [3.63, 3.8) is 0 Å². The summed E-state index contributed by atoms with van der Waals surface area (Å²) >= 11 is 0. The average molecular weight is 552 g/mol. The smallest absolute Gasteiger partial charge is 0.265 e. The van der Waals surface area contributed by atoms with Crippen molar-refractivity contribution < 1.29 is 27.5 Å². The maximum Gasteiger partial charge on any atom is 0.265 e. The quantitative estimate of drug-likeness (QED) is 0.378. The van der Waals surface area contributed by atoms with Crippen LogP contribution in [0.15, 0.2) is 83.8 Å². The number of fused-ring (bicyclic) bond motifs is 1. The molecule has 0 spiro atoms. The Morgan fingerprint density at radius 3 is 2.44 bits per heavy atom. The highest BCUT2D eigenvalue weighted by Gasteiger charge is 2.33. The fourth-order valence-corrected chi connectivity index (χ4v) is 5.38. The second-order valence-corrected chi connectivity index (χ2v) is 11.0. The zero-order chi connectivity index (χ0) is 27.8. The average Bonchev–Trinajstić information content (AvgIpc) is 2.95. The molecule has 4 rings (SSSR count). The Bertz CT molecular complexity index is 1380. The molecule has 2 atom stereocenters. The molecular formula is C29H33N3O6S. The van der Waals surface area contributed by atoms with E-state index in [0.29, 0.717) is 36.6 Å². The Morgan fingerprint density at radius 1 is 1.03 bits per heavy atom. The summed E-state index contributed by atoms with van der Waals surface area (Å²) in [5.41, 5.74) is 1.66. The van der Waals surface area contributed by atoms with Gasteiger partial charge in [-0.3, -0.25) is 9.59 Å². The normalized spacial score (nSPS) is 15.5. The van der Waals surface area contributed by atoms with Crippen LogP contribution in [0.2, 0.25) is 0 Å². The Morgan fingerprint density at radius 2 is 1.72 bits per heavy atom. The van der Waals surface area contributed by atoms with Crippen LogP contribution in [-0.2, 0) is 26.0 Å². The van der Waals surface area contributed by atoms with Crippen LogP contribution in [0.3, 0.4) is 0 Å². The summed E-state index contributed by atoms with van der Waals surface area (Å²) in [6, 6.07) is 22.6. The molecule has 3 aromatic rings. The van der Waals surface area contributed by atoms with Gasteiger partial charge in [0.05, 0.1) is 17.1 Å². The number of sulfonamides is 1. The summed E-state index contributed by atoms with van der Waals surface area (Å²) in [5, 5.41) is 2.89. The van der Waals surface area contributed by atoms with Gasteiger partial charge in [-0.25, -0.2) is 13.1 Å². The number of nitrogens with one attached hydrogen (secondary N) is 2. The largest absolute Gasteiger partial charge is 0.484 e. The van der Waals surface area contributed by atoms with E-state index < -0.39 is 16.1 Å². The molecule has 0 saturated carbocycles. The van der Waals surface area contributed by atoms with Gasteiger partial charge in [0.15, 0.2) is 12.7 Å². The molecule has 9 nitrogen and oxygen atoms in total. The molecule has 0 fully saturated rings. The molecule has 2 amide bonds. The lowest BCUT2D eigenvalue weighted by atomic mass is 10.1. The second-order valence-electron chi connectivity index (χ2n) is 9.30. The minimum absolute atomic E-state index is 0.0365. The van der Waals surface area contributed by atoms with Crippen molar-refractivity contribution in [2.75, 3.05) is 24.6 Å². The van der Waals surface area contributed by atoms with E-state index in [2.05, 4.69) is 10.0 Å². The maximum absolute atomic E-state index is 13.2. The van der Waals surface area contributed by atoms with Crippen LogP contribution in [-0.4, -0.2) is 52.1 Å². The number of carbonyl (C=O) groups excluding carboxylic acids is 2. The molecule has 0 radical (unpaired) electrons. The zero-order valence-electron chi connectivity index (χ0n) is 22.0. The van der Waals surface area contributed by atoms with Gasteiger partial charge in [0, 0.05) is 12.6 Å². The monoisotopic (exact) mass is 551 g/mol. The number of anilines is 1. The number of amides is 2. The molecule has 206 valence electrons. The standard InChI is InChI=1S/C29H33N3O6S/c1-3-21(2)31-39(35,36)24-15-13-23(14-16-24)37-20-28(33)32-19-27(38-26-12-8-7-11-25(26)32)29(34)30-18-17-22-9-5-4-6-10-22/h4-16,21,27,31H,3,17-20H2,1-2H3,(H,30,34)/t21-,27+/m1/s1. The van der Waals surface area contributed by atoms with Crippen molar-refractivity contribution in [1.82, 2.24) is 10.0 Å². The van der Waals surface area contributed by atoms with E-state index >= 15 is 0 Å². The van der Waals surface area contributed by atoms with E-state index in [4.69, 9.17) is 9.47 Å². The van der Waals surface area contributed by atoms with Crippen molar-refractivity contribution in [1.29, 1.82) is 0 Å². The summed E-state index contributed by atoms with van der Waals surface area (Å²) in [7, 11) is -3.64. The summed E-state index contributed by atoms with van der Waals surface area (Å²) in [5.74, 6) is 0.121. The van der Waals surface area contributed by atoms with E-state index in [1.54, 1.807) is 31.2 Å². The number of hydrogen-bond donors (Lipinski definition) is 2. The fourth-order valence-electron chi connectivity index (χ4n) is 4.05. The maximum atomic E-state index is 13.2. The lowest BCUT2D eigenvalue weighted by Gasteiger charge is -2.34. The Kier molecular flexibility index (Phi) is 9.21. The minimum atomic E-state index is -3.64. The third-order valence-corrected chi connectivity index (χ3v) is 7.99. The van der Waals surface area contributed by atoms with Crippen LogP contribution in [0.4, 0.5) is 5.69 Å². The van der Waals surface area contributed by atoms with Gasteiger partial charge in [-0.15, -0.1) is 0 Å². The molecule has 0 bridgehead atoms. The molecule has 0 saturated heterocycles. The van der Waals surface area contributed by atoms with Gasteiger partial charge in [-0.1, -0.05) is 49.4 Å². The minimum Gasteiger partial charge on any atom is -0.484 e. The molecule has 10 heteroatoms. The fraction of sp³-hybridized carbons (Fsp3) is 0.310. The van der Waals surface area contributed by atoms with Gasteiger partial charge in [-0.2, -0.15) is 0 Å². The van der Waals surface area contributed by atoms with Crippen molar-refractivity contribution in [2.24, 2.45) is 0 Å². The molecule has 1 aliphatic rings. The van der Waals surface area contributed by atoms with Crippen LogP contribution >= 0.6 is 0 Å². The highest BCUT2D eigenvalue weighted by atomic mass is 32.2. The van der Waals surface area contributed by atoms with E-state index in [9.17, 15) is 18.0 Å². The van der Waals surface area contributed by atoms with Gasteiger partial charge in [0.25, 0.3) is 11.8 Å². The van der Waals surface area contributed by atoms with Crippen LogP contribution < -0.4 is 24.4 Å². The molecule has 0 aromatic heterocycles. The number of ether oxygens (including phenoxy) is 2. The van der Waals surface area contributed by atoms with E-state index in [0.717, 1.165) is 5.56 Å². The molecule has 39 heavy (non-hydrogen) atoms. The number of hydrogen-bond acceptors (Lipinski definition) is 6. The number of nitrogens with zero attached hydrogens (tertiary/aromatic N) is 1. The summed E-state index contributed by atoms with van der Waals surface area (Å²) in [4.78, 5) is 27.7. The second kappa shape index (κ2) is 12.8. The van der Waals surface area contributed by atoms with E-state index in [-0.39, 0.29) is 35.9 Å². The first-order valence-electron chi connectivity index (χ1n) is 12.9. The van der Waals surface area contributed by atoms with Gasteiger partial charge >= 0.3 is 0 Å². The molecule has 3 aromatic carbocycles. The van der Waals surface area contributed by atoms with Crippen molar-refractivity contribution in [3.05, 3.63) is 84.4 Å². The van der Waals surface area contributed by atoms with Gasteiger partial charge in [-0.05, 0) is 61.7 Å². The molecular weight excluding hydrogens is 518 g/mol. The topological polar surface area (TPSA) is 114 Å². The first-order valence-corrected chi connectivity index (χ1v) is 14.4. The lowest BCUT2D eigenvalue weighted by Crippen LogP contribution is -2.52.